The van der Waals surface area contributed by atoms with Crippen LogP contribution in [0.25, 0.3) is 0 Å². The van der Waals surface area contributed by atoms with E-state index in [0.717, 1.165) is 0 Å². The topological polar surface area (TPSA) is 0 Å². The van der Waals surface area contributed by atoms with Gasteiger partial charge in [-0.25, -0.2) is 0 Å². The normalized spacial score (nSPS) is 14.8. The molecule has 4 aromatic rings. The van der Waals surface area contributed by atoms with E-state index in [-0.39, 0.29) is 0 Å². The first-order valence-corrected chi connectivity index (χ1v) is 14.6. The van der Waals surface area contributed by atoms with Gasteiger partial charge in [-0.15, -0.1) is 0 Å². The van der Waals surface area contributed by atoms with Gasteiger partial charge in [-0.3, -0.25) is 0 Å². The number of rotatable bonds is 2. The van der Waals surface area contributed by atoms with E-state index in [1.807, 2.05) is 34.4 Å². The molecule has 5 rings (SSSR count). The molecule has 0 atom stereocenters. The van der Waals surface area contributed by atoms with Crippen LogP contribution in [0, 0.1) is 0 Å². The Hall–Kier alpha value is -1.27. The maximum atomic E-state index is 2.36. The van der Waals surface area contributed by atoms with Gasteiger partial charge in [0.2, 0.25) is 0 Å². The van der Waals surface area contributed by atoms with Crippen LogP contribution in [0.3, 0.4) is 0 Å². The summed E-state index contributed by atoms with van der Waals surface area (Å²) in [4.78, 5) is 2.94. The standard InChI is InChI=1S/C20H14GeS3/c1-3-7-15(8-4-1)21(16-9-5-2-6-10-16)19-17(11-13-22-19)24-18-12-14-23-20(18)21/h1-14H. The first-order valence-electron chi connectivity index (χ1n) is 7.85. The summed E-state index contributed by atoms with van der Waals surface area (Å²) in [6, 6.07) is 27.1. The molecule has 0 aliphatic carbocycles. The third-order valence-electron chi connectivity index (χ3n) is 4.57. The molecule has 2 aromatic carbocycles. The zero-order valence-electron chi connectivity index (χ0n) is 12.8. The van der Waals surface area contributed by atoms with Gasteiger partial charge in [0.15, 0.2) is 0 Å². The van der Waals surface area contributed by atoms with Crippen molar-refractivity contribution in [2.75, 3.05) is 0 Å². The van der Waals surface area contributed by atoms with Crippen molar-refractivity contribution in [2.24, 2.45) is 0 Å². The Morgan fingerprint density at radius 1 is 0.542 bits per heavy atom. The molecule has 2 aromatic heterocycles. The van der Waals surface area contributed by atoms with Crippen LogP contribution < -0.4 is 16.2 Å². The number of hydrogen-bond donors (Lipinski definition) is 0. The molecule has 1 aliphatic heterocycles. The van der Waals surface area contributed by atoms with Crippen LogP contribution in [-0.2, 0) is 0 Å². The molecular weight excluding hydrogens is 409 g/mol. The molecule has 0 fully saturated rings. The van der Waals surface area contributed by atoms with Crippen LogP contribution in [0.4, 0.5) is 0 Å². The predicted molar refractivity (Wildman–Crippen MR) is 110 cm³/mol. The molecule has 0 saturated carbocycles. The Morgan fingerprint density at radius 2 is 1.00 bits per heavy atom. The molecule has 4 heteroatoms. The van der Waals surface area contributed by atoms with E-state index in [1.165, 1.54) is 18.6 Å². The molecule has 24 heavy (non-hydrogen) atoms. The fourth-order valence-electron chi connectivity index (χ4n) is 3.59. The minimum atomic E-state index is -2.84. The predicted octanol–water partition coefficient (Wildman–Crippen LogP) is 3.65. The molecule has 0 unspecified atom stereocenters. The molecule has 0 amide bonds. The number of fused-ring (bicyclic) bond motifs is 2. The SMILES string of the molecule is c1cc[c]([Ge]2([c]3ccccc3)[c]3sccc3Sc3ccs[c]32)cc1. The first-order chi connectivity index (χ1) is 11.9. The monoisotopic (exact) mass is 424 g/mol. The number of thiophene rings is 2. The number of hydrogen-bond acceptors (Lipinski definition) is 3. The third-order valence-corrected chi connectivity index (χ3v) is 21.9. The molecule has 0 spiro atoms. The second-order valence-corrected chi connectivity index (χ2v) is 17.9. The molecule has 0 nitrogen and oxygen atoms in total. The van der Waals surface area contributed by atoms with E-state index < -0.39 is 13.3 Å². The summed E-state index contributed by atoms with van der Waals surface area (Å²) in [6.07, 6.45) is 0. The maximum absolute atomic E-state index is 2.84. The van der Waals surface area contributed by atoms with Gasteiger partial charge in [-0.05, 0) is 0 Å². The Morgan fingerprint density at radius 3 is 1.46 bits per heavy atom. The Labute approximate surface area is 156 Å². The molecule has 3 heterocycles. The molecule has 0 bridgehead atoms. The van der Waals surface area contributed by atoms with Crippen LogP contribution in [0.2, 0.25) is 0 Å². The van der Waals surface area contributed by atoms with Gasteiger partial charge in [-0.2, -0.15) is 0 Å². The minimum absolute atomic E-state index is 1.47. The molecule has 0 saturated heterocycles. The summed E-state index contributed by atoms with van der Waals surface area (Å²) in [5.41, 5.74) is 0. The van der Waals surface area contributed by atoms with E-state index >= 15 is 0 Å². The average Bonchev–Trinajstić information content (AvgIpc) is 3.30. The first kappa shape index (κ1) is 15.0. The summed E-state index contributed by atoms with van der Waals surface area (Å²) in [6.45, 7) is 0. The average molecular weight is 423 g/mol. The van der Waals surface area contributed by atoms with Gasteiger partial charge in [0.1, 0.15) is 0 Å². The van der Waals surface area contributed by atoms with Crippen molar-refractivity contribution in [2.45, 2.75) is 9.79 Å². The van der Waals surface area contributed by atoms with Gasteiger partial charge in [-0.1, -0.05) is 0 Å². The molecule has 0 radical (unpaired) electrons. The third kappa shape index (κ3) is 2.05. The van der Waals surface area contributed by atoms with Crippen LogP contribution in [0.15, 0.2) is 93.3 Å². The van der Waals surface area contributed by atoms with Crippen molar-refractivity contribution >= 4 is 63.9 Å². The second kappa shape index (κ2) is 5.92. The van der Waals surface area contributed by atoms with Crippen molar-refractivity contribution in [3.05, 3.63) is 83.6 Å². The van der Waals surface area contributed by atoms with Crippen LogP contribution in [0.1, 0.15) is 0 Å². The fraction of sp³-hybridized carbons (Fsp3) is 0. The Balaban J connectivity index is 1.95. The van der Waals surface area contributed by atoms with Gasteiger partial charge >= 0.3 is 157 Å². The molecular formula is C20H14GeS3. The molecule has 0 N–H and O–H groups in total. The second-order valence-electron chi connectivity index (χ2n) is 5.81. The van der Waals surface area contributed by atoms with Crippen molar-refractivity contribution in [3.63, 3.8) is 0 Å². The van der Waals surface area contributed by atoms with Gasteiger partial charge < -0.3 is 0 Å². The summed E-state index contributed by atoms with van der Waals surface area (Å²) in [5.74, 6) is 0. The summed E-state index contributed by atoms with van der Waals surface area (Å²) in [7, 11) is 0. The van der Waals surface area contributed by atoms with Crippen molar-refractivity contribution in [1.82, 2.24) is 0 Å². The number of benzene rings is 2. The van der Waals surface area contributed by atoms with E-state index in [0.29, 0.717) is 0 Å². The van der Waals surface area contributed by atoms with Gasteiger partial charge in [0.05, 0.1) is 0 Å². The van der Waals surface area contributed by atoms with Gasteiger partial charge in [0.25, 0.3) is 0 Å². The van der Waals surface area contributed by atoms with E-state index in [2.05, 4.69) is 83.6 Å². The summed E-state index contributed by atoms with van der Waals surface area (Å²) in [5, 5.41) is 4.56. The zero-order chi connectivity index (χ0) is 16.0. The fourth-order valence-corrected chi connectivity index (χ4v) is 23.7. The van der Waals surface area contributed by atoms with E-state index in [4.69, 9.17) is 0 Å². The van der Waals surface area contributed by atoms with E-state index in [1.54, 1.807) is 7.42 Å². The van der Waals surface area contributed by atoms with Crippen LogP contribution in [-0.4, -0.2) is 13.3 Å². The Bertz CT molecular complexity index is 904. The van der Waals surface area contributed by atoms with Crippen molar-refractivity contribution in [3.8, 4) is 0 Å². The van der Waals surface area contributed by atoms with E-state index in [9.17, 15) is 0 Å². The Kier molecular flexibility index (Phi) is 3.70. The zero-order valence-corrected chi connectivity index (χ0v) is 17.4. The molecule has 116 valence electrons. The molecule has 1 aliphatic rings. The quantitative estimate of drug-likeness (QED) is 0.391. The van der Waals surface area contributed by atoms with Crippen molar-refractivity contribution < 1.29 is 0 Å². The van der Waals surface area contributed by atoms with Gasteiger partial charge in [0, 0.05) is 0 Å². The summed E-state index contributed by atoms with van der Waals surface area (Å²) >= 11 is 3.03. The summed E-state index contributed by atoms with van der Waals surface area (Å²) < 4.78 is 6.34. The van der Waals surface area contributed by atoms with Crippen LogP contribution in [0.5, 0.6) is 0 Å². The van der Waals surface area contributed by atoms with Crippen LogP contribution >= 0.6 is 34.4 Å². The van der Waals surface area contributed by atoms with Crippen molar-refractivity contribution in [1.29, 1.82) is 0 Å².